The van der Waals surface area contributed by atoms with Crippen LogP contribution in [0.5, 0.6) is 0 Å². The second kappa shape index (κ2) is 13.0. The highest BCUT2D eigenvalue weighted by atomic mass is 32.1. The Labute approximate surface area is 339 Å². The monoisotopic (exact) mass is 762 g/mol. The summed E-state index contributed by atoms with van der Waals surface area (Å²) in [7, 11) is 0. The third kappa shape index (κ3) is 5.07. The summed E-state index contributed by atoms with van der Waals surface area (Å²) in [6, 6.07) is 57.7. The first-order valence-electron chi connectivity index (χ1n) is 20.0. The van der Waals surface area contributed by atoms with E-state index in [9.17, 15) is 0 Å². The molecule has 4 nitrogen and oxygen atoms in total. The number of anilines is 2. The van der Waals surface area contributed by atoms with E-state index < -0.39 is 0 Å². The maximum atomic E-state index is 6.63. The van der Waals surface area contributed by atoms with Gasteiger partial charge in [0.25, 0.3) is 0 Å². The van der Waals surface area contributed by atoms with Gasteiger partial charge in [-0.15, -0.1) is 11.3 Å². The number of fused-ring (bicyclic) bond motifs is 13. The Bertz CT molecular complexity index is 3520. The zero-order chi connectivity index (χ0) is 38.3. The highest BCUT2D eigenvalue weighted by Gasteiger charge is 2.22. The highest BCUT2D eigenvalue weighted by Crippen LogP contribution is 2.42. The van der Waals surface area contributed by atoms with Crippen LogP contribution in [0.3, 0.4) is 0 Å². The molecule has 0 spiro atoms. The summed E-state index contributed by atoms with van der Waals surface area (Å²) < 4.78 is 6.30. The van der Waals surface area contributed by atoms with E-state index in [4.69, 9.17) is 5.73 Å². The first-order chi connectivity index (χ1) is 28.7. The SMILES string of the molecule is Nc1ccccc1NC(Cn1c2ccc(-n3c4ccccc4c4c5ccccc5ccc43)cc2c2c3ccccc3ccc21)c1ccc2sc3c(c2c1)C=CC=CC3. The summed E-state index contributed by atoms with van der Waals surface area (Å²) in [5.74, 6) is 0. The second-order valence-corrected chi connectivity index (χ2v) is 16.6. The van der Waals surface area contributed by atoms with Gasteiger partial charge in [0.05, 0.1) is 28.5 Å². The number of hydrogen-bond acceptors (Lipinski definition) is 3. The van der Waals surface area contributed by atoms with Crippen LogP contribution < -0.4 is 11.1 Å². The molecule has 8 aromatic carbocycles. The molecule has 0 saturated carbocycles. The summed E-state index contributed by atoms with van der Waals surface area (Å²) in [6.07, 6.45) is 9.81. The van der Waals surface area contributed by atoms with Crippen molar-refractivity contribution in [3.63, 3.8) is 0 Å². The molecule has 1 aliphatic carbocycles. The number of para-hydroxylation sites is 3. The molecule has 1 unspecified atom stereocenters. The molecule has 3 aromatic heterocycles. The molecule has 0 radical (unpaired) electrons. The lowest BCUT2D eigenvalue weighted by Crippen LogP contribution is -2.18. The van der Waals surface area contributed by atoms with Gasteiger partial charge in [0.15, 0.2) is 0 Å². The van der Waals surface area contributed by atoms with Gasteiger partial charge in [-0.3, -0.25) is 0 Å². The van der Waals surface area contributed by atoms with E-state index in [-0.39, 0.29) is 6.04 Å². The topological polar surface area (TPSA) is 47.9 Å². The maximum absolute atomic E-state index is 6.63. The standard InChI is InChI=1S/C53H38N4S/c54-43-18-9-10-19-44(43)55-45(35-24-29-51-41(30-35)39-16-2-1-3-21-50(39)58-51)32-56-46-28-25-36(31-42(46)53-38-15-7-5-12-33(38)22-26-48(53)56)57-47-20-11-8-17-40(47)52-37-14-6-4-13-34(37)23-27-49(52)57/h1-20,22-31,45,55H,21,32,54H2. The Morgan fingerprint density at radius 2 is 1.29 bits per heavy atom. The van der Waals surface area contributed by atoms with Crippen molar-refractivity contribution < 1.29 is 0 Å². The number of thiophene rings is 1. The predicted octanol–water partition coefficient (Wildman–Crippen LogP) is 14.0. The number of allylic oxidation sites excluding steroid dienone is 3. The summed E-state index contributed by atoms with van der Waals surface area (Å²) in [4.78, 5) is 1.41. The van der Waals surface area contributed by atoms with Gasteiger partial charge in [-0.25, -0.2) is 0 Å². The van der Waals surface area contributed by atoms with Gasteiger partial charge in [0, 0.05) is 66.2 Å². The Kier molecular flexibility index (Phi) is 7.41. The molecular formula is C53H38N4S. The number of nitrogens with zero attached hydrogens (tertiary/aromatic N) is 2. The minimum Gasteiger partial charge on any atom is -0.397 e. The lowest BCUT2D eigenvalue weighted by atomic mass is 10.0. The van der Waals surface area contributed by atoms with Crippen LogP contribution in [0.1, 0.15) is 22.0 Å². The number of benzene rings is 8. The van der Waals surface area contributed by atoms with Crippen molar-refractivity contribution in [2.24, 2.45) is 0 Å². The van der Waals surface area contributed by atoms with Crippen molar-refractivity contribution in [3.05, 3.63) is 192 Å². The average molecular weight is 763 g/mol. The summed E-state index contributed by atoms with van der Waals surface area (Å²) >= 11 is 1.90. The first-order valence-corrected chi connectivity index (χ1v) is 20.8. The third-order valence-corrected chi connectivity index (χ3v) is 13.5. The van der Waals surface area contributed by atoms with Crippen LogP contribution in [0, 0.1) is 0 Å². The van der Waals surface area contributed by atoms with Crippen molar-refractivity contribution in [2.75, 3.05) is 11.1 Å². The van der Waals surface area contributed by atoms with Crippen molar-refractivity contribution in [2.45, 2.75) is 19.0 Å². The number of rotatable bonds is 6. The summed E-state index contributed by atoms with van der Waals surface area (Å²) in [6.45, 7) is 0.697. The minimum atomic E-state index is -0.0758. The highest BCUT2D eigenvalue weighted by molar-refractivity contribution is 7.19. The van der Waals surface area contributed by atoms with Crippen molar-refractivity contribution in [3.8, 4) is 5.69 Å². The van der Waals surface area contributed by atoms with Crippen molar-refractivity contribution in [1.82, 2.24) is 9.13 Å². The normalized spacial score (nSPS) is 13.4. The minimum absolute atomic E-state index is 0.0758. The molecule has 0 fully saturated rings. The van der Waals surface area contributed by atoms with Crippen molar-refractivity contribution in [1.29, 1.82) is 0 Å². The summed E-state index contributed by atoms with van der Waals surface area (Å²) in [5.41, 5.74) is 16.9. The van der Waals surface area contributed by atoms with Gasteiger partial charge in [-0.05, 0) is 93.3 Å². The van der Waals surface area contributed by atoms with E-state index in [1.807, 2.05) is 23.5 Å². The van der Waals surface area contributed by atoms with E-state index in [2.05, 4.69) is 184 Å². The number of nitrogen functional groups attached to an aromatic ring is 1. The fraction of sp³-hybridized carbons (Fsp3) is 0.0566. The van der Waals surface area contributed by atoms with Gasteiger partial charge >= 0.3 is 0 Å². The Morgan fingerprint density at radius 1 is 0.586 bits per heavy atom. The Morgan fingerprint density at radius 3 is 2.12 bits per heavy atom. The quantitative estimate of drug-likeness (QED) is 0.166. The van der Waals surface area contributed by atoms with Gasteiger partial charge in [0.2, 0.25) is 0 Å². The molecule has 12 rings (SSSR count). The molecule has 11 aromatic rings. The molecule has 0 aliphatic heterocycles. The van der Waals surface area contributed by atoms with E-state index >= 15 is 0 Å². The fourth-order valence-electron chi connectivity index (χ4n) is 9.59. The molecule has 0 saturated heterocycles. The molecule has 0 bridgehead atoms. The second-order valence-electron chi connectivity index (χ2n) is 15.5. The number of hydrogen-bond donors (Lipinski definition) is 2. The zero-order valence-electron chi connectivity index (χ0n) is 31.7. The lowest BCUT2D eigenvalue weighted by molar-refractivity contribution is 0.640. The molecule has 3 N–H and O–H groups in total. The molecule has 3 heterocycles. The van der Waals surface area contributed by atoms with Crippen LogP contribution in [-0.4, -0.2) is 9.13 Å². The van der Waals surface area contributed by atoms with Crippen LogP contribution in [0.15, 0.2) is 176 Å². The molecular weight excluding hydrogens is 725 g/mol. The molecule has 58 heavy (non-hydrogen) atoms. The summed E-state index contributed by atoms with van der Waals surface area (Å²) in [5, 5.41) is 15.3. The molecule has 276 valence electrons. The zero-order valence-corrected chi connectivity index (χ0v) is 32.5. The number of nitrogens with one attached hydrogen (secondary N) is 1. The molecule has 5 heteroatoms. The van der Waals surface area contributed by atoms with Gasteiger partial charge in [-0.1, -0.05) is 121 Å². The number of nitrogens with two attached hydrogens (primary N) is 1. The van der Waals surface area contributed by atoms with Gasteiger partial charge in [-0.2, -0.15) is 0 Å². The smallest absolute Gasteiger partial charge is 0.0694 e. The molecule has 1 atom stereocenters. The van der Waals surface area contributed by atoms with E-state index in [0.717, 1.165) is 23.5 Å². The molecule has 1 aliphatic rings. The van der Waals surface area contributed by atoms with Crippen LogP contribution in [0.4, 0.5) is 11.4 Å². The number of aromatic nitrogens is 2. The van der Waals surface area contributed by atoms with Crippen LogP contribution in [-0.2, 0) is 13.0 Å². The van der Waals surface area contributed by atoms with Crippen molar-refractivity contribution >= 4 is 104 Å². The average Bonchev–Trinajstić information content (AvgIpc) is 3.83. The fourth-order valence-corrected chi connectivity index (χ4v) is 10.7. The lowest BCUT2D eigenvalue weighted by Gasteiger charge is -2.24. The van der Waals surface area contributed by atoms with Crippen LogP contribution in [0.25, 0.3) is 87.0 Å². The van der Waals surface area contributed by atoms with E-state index in [1.54, 1.807) is 0 Å². The van der Waals surface area contributed by atoms with Gasteiger partial charge < -0.3 is 20.2 Å². The van der Waals surface area contributed by atoms with Crippen LogP contribution in [0.2, 0.25) is 0 Å². The maximum Gasteiger partial charge on any atom is 0.0694 e. The Balaban J connectivity index is 1.09. The van der Waals surface area contributed by atoms with E-state index in [0.29, 0.717) is 6.54 Å². The first kappa shape index (κ1) is 33.1. The third-order valence-electron chi connectivity index (χ3n) is 12.3. The molecule has 0 amide bonds. The predicted molar refractivity (Wildman–Crippen MR) is 250 cm³/mol. The van der Waals surface area contributed by atoms with Gasteiger partial charge in [0.1, 0.15) is 0 Å². The van der Waals surface area contributed by atoms with Crippen LogP contribution >= 0.6 is 11.3 Å². The van der Waals surface area contributed by atoms with E-state index in [1.165, 1.54) is 91.2 Å². The largest absolute Gasteiger partial charge is 0.397 e. The Hall–Kier alpha value is -7.08.